The number of pyridine rings is 1. The molecule has 1 aliphatic rings. The zero-order valence-corrected chi connectivity index (χ0v) is 16.9. The number of carbonyl (C=O) groups is 1. The van der Waals surface area contributed by atoms with E-state index in [1.54, 1.807) is 12.4 Å². The van der Waals surface area contributed by atoms with Crippen molar-refractivity contribution in [1.29, 1.82) is 0 Å². The molecule has 1 aliphatic heterocycles. The Hall–Kier alpha value is -3.49. The monoisotopic (exact) mass is 417 g/mol. The first-order chi connectivity index (χ1) is 15.2. The van der Waals surface area contributed by atoms with Crippen molar-refractivity contribution in [2.75, 3.05) is 13.2 Å². The predicted octanol–water partition coefficient (Wildman–Crippen LogP) is 2.15. The maximum atomic E-state index is 13.0. The third-order valence-electron chi connectivity index (χ3n) is 5.58. The van der Waals surface area contributed by atoms with E-state index in [0.29, 0.717) is 30.7 Å². The second kappa shape index (κ2) is 8.33. The van der Waals surface area contributed by atoms with Gasteiger partial charge in [0.15, 0.2) is 0 Å². The van der Waals surface area contributed by atoms with Crippen LogP contribution in [0.3, 0.4) is 0 Å². The molecule has 2 atom stereocenters. The fourth-order valence-electron chi connectivity index (χ4n) is 3.93. The Labute approximate surface area is 179 Å². The maximum Gasteiger partial charge on any atom is 0.255 e. The van der Waals surface area contributed by atoms with Gasteiger partial charge in [0.05, 0.1) is 35.5 Å². The molecule has 1 aromatic carbocycles. The molecule has 1 fully saturated rings. The fourth-order valence-corrected chi connectivity index (χ4v) is 3.93. The van der Waals surface area contributed by atoms with Gasteiger partial charge in [-0.1, -0.05) is 12.1 Å². The van der Waals surface area contributed by atoms with E-state index >= 15 is 0 Å². The molecule has 0 spiro atoms. The first-order valence-electron chi connectivity index (χ1n) is 10.3. The highest BCUT2D eigenvalue weighted by molar-refractivity contribution is 6.05. The minimum absolute atomic E-state index is 0.234. The molecule has 0 bridgehead atoms. The lowest BCUT2D eigenvalue weighted by Gasteiger charge is -2.28. The summed E-state index contributed by atoms with van der Waals surface area (Å²) in [7, 11) is 0. The van der Waals surface area contributed by atoms with Gasteiger partial charge in [-0.05, 0) is 42.3 Å². The van der Waals surface area contributed by atoms with Gasteiger partial charge >= 0.3 is 0 Å². The van der Waals surface area contributed by atoms with Crippen LogP contribution in [0.5, 0.6) is 0 Å². The van der Waals surface area contributed by atoms with Crippen LogP contribution in [-0.4, -0.2) is 55.7 Å². The molecule has 8 nitrogen and oxygen atoms in total. The van der Waals surface area contributed by atoms with Crippen LogP contribution in [0.15, 0.2) is 67.3 Å². The van der Waals surface area contributed by atoms with Gasteiger partial charge in [-0.25, -0.2) is 4.68 Å². The van der Waals surface area contributed by atoms with Crippen molar-refractivity contribution in [3.05, 3.63) is 78.4 Å². The van der Waals surface area contributed by atoms with Crippen molar-refractivity contribution in [3.8, 4) is 5.69 Å². The Bertz CT molecular complexity index is 1180. The number of aliphatic hydroxyl groups excluding tert-OH is 1. The molecule has 31 heavy (non-hydrogen) atoms. The van der Waals surface area contributed by atoms with Crippen LogP contribution in [0.1, 0.15) is 22.3 Å². The summed E-state index contributed by atoms with van der Waals surface area (Å²) in [6.07, 6.45) is 7.05. The van der Waals surface area contributed by atoms with Crippen molar-refractivity contribution in [2.45, 2.75) is 25.1 Å². The number of carbonyl (C=O) groups excluding carboxylic acids is 1. The molecule has 1 amide bonds. The molecule has 0 radical (unpaired) electrons. The summed E-state index contributed by atoms with van der Waals surface area (Å²) >= 11 is 0. The number of benzene rings is 1. The largest absolute Gasteiger partial charge is 0.389 e. The first-order valence-corrected chi connectivity index (χ1v) is 10.3. The number of amides is 1. The summed E-state index contributed by atoms with van der Waals surface area (Å²) in [6.45, 7) is 1.37. The Kier molecular flexibility index (Phi) is 5.23. The van der Waals surface area contributed by atoms with E-state index in [1.807, 2.05) is 52.0 Å². The van der Waals surface area contributed by atoms with Crippen LogP contribution in [0, 0.1) is 0 Å². The van der Waals surface area contributed by atoms with Gasteiger partial charge in [0.1, 0.15) is 5.52 Å². The first kappa shape index (κ1) is 19.5. The smallest absolute Gasteiger partial charge is 0.255 e. The molecule has 8 heteroatoms. The molecule has 3 aromatic heterocycles. The molecule has 158 valence electrons. The predicted molar refractivity (Wildman–Crippen MR) is 115 cm³/mol. The molecule has 2 N–H and O–H groups in total. The van der Waals surface area contributed by atoms with Crippen LogP contribution in [0.4, 0.5) is 0 Å². The molecule has 0 saturated carbocycles. The number of hydrogen-bond acceptors (Lipinski definition) is 5. The van der Waals surface area contributed by atoms with Crippen molar-refractivity contribution >= 4 is 16.9 Å². The highest BCUT2D eigenvalue weighted by atomic mass is 16.5. The van der Waals surface area contributed by atoms with Gasteiger partial charge in [-0.2, -0.15) is 5.10 Å². The van der Waals surface area contributed by atoms with Crippen molar-refractivity contribution < 1.29 is 14.6 Å². The summed E-state index contributed by atoms with van der Waals surface area (Å²) in [4.78, 5) is 17.4. The molecule has 4 heterocycles. The van der Waals surface area contributed by atoms with Gasteiger partial charge in [-0.3, -0.25) is 9.78 Å². The van der Waals surface area contributed by atoms with Gasteiger partial charge < -0.3 is 19.7 Å². The molecule has 0 aliphatic carbocycles. The third-order valence-corrected chi connectivity index (χ3v) is 5.58. The second-order valence-corrected chi connectivity index (χ2v) is 7.67. The summed E-state index contributed by atoms with van der Waals surface area (Å²) in [5.74, 6) is -0.234. The standard InChI is InChI=1S/C23H23N5O3/c29-21-15-31-12-8-19(21)26-23(30)18-14-27(20-3-1-9-24-22(18)20)13-16-4-6-17(7-5-16)28-11-2-10-25-28/h1-7,9-11,14,19,21,29H,8,12-13,15H2,(H,26,30)/t19-,21-/m0/s1. The second-order valence-electron chi connectivity index (χ2n) is 7.67. The fraction of sp³-hybridized carbons (Fsp3) is 0.261. The van der Waals surface area contributed by atoms with Crippen LogP contribution < -0.4 is 5.32 Å². The molecule has 0 unspecified atom stereocenters. The summed E-state index contributed by atoms with van der Waals surface area (Å²) in [5.41, 5.74) is 4.12. The van der Waals surface area contributed by atoms with E-state index in [9.17, 15) is 9.90 Å². The number of aromatic nitrogens is 4. The number of hydrogen-bond donors (Lipinski definition) is 2. The number of nitrogens with zero attached hydrogens (tertiary/aromatic N) is 4. The van der Waals surface area contributed by atoms with Crippen LogP contribution in [0.2, 0.25) is 0 Å². The van der Waals surface area contributed by atoms with Crippen molar-refractivity contribution in [1.82, 2.24) is 24.6 Å². The average molecular weight is 417 g/mol. The average Bonchev–Trinajstić information content (AvgIpc) is 3.45. The zero-order valence-electron chi connectivity index (χ0n) is 16.9. The van der Waals surface area contributed by atoms with E-state index in [-0.39, 0.29) is 18.6 Å². The van der Waals surface area contributed by atoms with E-state index in [1.165, 1.54) is 0 Å². The van der Waals surface area contributed by atoms with Crippen molar-refractivity contribution in [2.24, 2.45) is 0 Å². The van der Waals surface area contributed by atoms with Crippen LogP contribution in [-0.2, 0) is 11.3 Å². The van der Waals surface area contributed by atoms with E-state index in [2.05, 4.69) is 27.5 Å². The number of aliphatic hydroxyl groups is 1. The van der Waals surface area contributed by atoms with Crippen LogP contribution in [0.25, 0.3) is 16.7 Å². The molecular formula is C23H23N5O3. The molecule has 4 aromatic rings. The molecule has 5 rings (SSSR count). The Morgan fingerprint density at radius 2 is 2.06 bits per heavy atom. The minimum atomic E-state index is -0.702. The van der Waals surface area contributed by atoms with Gasteiger partial charge in [0.2, 0.25) is 0 Å². The van der Waals surface area contributed by atoms with Gasteiger partial charge in [0.25, 0.3) is 5.91 Å². The topological polar surface area (TPSA) is 94.2 Å². The van der Waals surface area contributed by atoms with Gasteiger partial charge in [0, 0.05) is 37.9 Å². The molecule has 1 saturated heterocycles. The highest BCUT2D eigenvalue weighted by Crippen LogP contribution is 2.22. The summed E-state index contributed by atoms with van der Waals surface area (Å²) in [6, 6.07) is 13.5. The maximum absolute atomic E-state index is 13.0. The zero-order chi connectivity index (χ0) is 21.2. The Morgan fingerprint density at radius 3 is 2.84 bits per heavy atom. The number of rotatable bonds is 5. The Balaban J connectivity index is 1.40. The number of ether oxygens (including phenoxy) is 1. The lowest BCUT2D eigenvalue weighted by Crippen LogP contribution is -2.48. The van der Waals surface area contributed by atoms with Crippen molar-refractivity contribution in [3.63, 3.8) is 0 Å². The number of nitrogens with one attached hydrogen (secondary N) is 1. The Morgan fingerprint density at radius 1 is 1.19 bits per heavy atom. The summed E-state index contributed by atoms with van der Waals surface area (Å²) < 4.78 is 9.09. The van der Waals surface area contributed by atoms with E-state index in [0.717, 1.165) is 16.8 Å². The minimum Gasteiger partial charge on any atom is -0.389 e. The third kappa shape index (κ3) is 3.95. The lowest BCUT2D eigenvalue weighted by atomic mass is 10.1. The lowest BCUT2D eigenvalue weighted by molar-refractivity contribution is -0.0260. The molecular weight excluding hydrogens is 394 g/mol. The van der Waals surface area contributed by atoms with Crippen LogP contribution >= 0.6 is 0 Å². The van der Waals surface area contributed by atoms with E-state index < -0.39 is 6.10 Å². The quantitative estimate of drug-likeness (QED) is 0.519. The number of fused-ring (bicyclic) bond motifs is 1. The summed E-state index contributed by atoms with van der Waals surface area (Å²) in [5, 5.41) is 17.3. The van der Waals surface area contributed by atoms with E-state index in [4.69, 9.17) is 4.74 Å². The highest BCUT2D eigenvalue weighted by Gasteiger charge is 2.27. The van der Waals surface area contributed by atoms with Gasteiger partial charge in [-0.15, -0.1) is 0 Å². The normalized spacial score (nSPS) is 18.9. The SMILES string of the molecule is O=C(N[C@H]1CCOC[C@@H]1O)c1cn(Cc2ccc(-n3cccn3)cc2)c2cccnc12.